The van der Waals surface area contributed by atoms with Gasteiger partial charge in [-0.3, -0.25) is 0 Å². The van der Waals surface area contributed by atoms with Crippen molar-refractivity contribution in [2.45, 2.75) is 258 Å². The zero-order chi connectivity index (χ0) is 53.3. The molecule has 1 unspecified atom stereocenters. The summed E-state index contributed by atoms with van der Waals surface area (Å²) >= 11 is 0. The van der Waals surface area contributed by atoms with Crippen molar-refractivity contribution in [3.05, 3.63) is 103 Å². The molecule has 0 aromatic heterocycles. The van der Waals surface area contributed by atoms with Gasteiger partial charge >= 0.3 is 6.18 Å². The fraction of sp³-hybridized carbons (Fsp3) is 0.625. The third-order valence-electron chi connectivity index (χ3n) is 16.5. The first-order chi connectivity index (χ1) is 35.2. The van der Waals surface area contributed by atoms with Crippen LogP contribution in [0.5, 0.6) is 0 Å². The van der Waals surface area contributed by atoms with Crippen LogP contribution in [0.25, 0.3) is 0 Å². The number of rotatable bonds is 37. The van der Waals surface area contributed by atoms with Crippen molar-refractivity contribution in [3.63, 3.8) is 0 Å². The Bertz CT molecular complexity index is 2000. The first kappa shape index (κ1) is 63.7. The zero-order valence-electron chi connectivity index (χ0n) is 48.4. The summed E-state index contributed by atoms with van der Waals surface area (Å²) in [5.41, 5.74) is -0.476. The van der Waals surface area contributed by atoms with Crippen LogP contribution >= 0.6 is 16.1 Å². The van der Waals surface area contributed by atoms with Crippen molar-refractivity contribution in [1.29, 1.82) is 0 Å². The number of halogens is 3. The van der Waals surface area contributed by atoms with Gasteiger partial charge in [-0.2, -0.15) is 13.2 Å². The zero-order valence-corrected chi connectivity index (χ0v) is 53.2. The van der Waals surface area contributed by atoms with Crippen LogP contribution in [0.4, 0.5) is 13.2 Å². The topological polar surface area (TPSA) is 3.24 Å². The summed E-state index contributed by atoms with van der Waals surface area (Å²) in [6, 6.07) is 47.6. The Labute approximate surface area is 453 Å². The van der Waals surface area contributed by atoms with E-state index in [1.165, 1.54) is 192 Å². The molecule has 0 aliphatic carbocycles. The molecular formula is C64H104F3NP2Si3. The van der Waals surface area contributed by atoms with E-state index in [2.05, 4.69) is 153 Å². The maximum atomic E-state index is 15.9. The molecule has 0 spiro atoms. The Morgan fingerprint density at radius 1 is 0.384 bits per heavy atom. The average Bonchev–Trinajstić information content (AvgIpc) is 3.40. The molecule has 0 saturated carbocycles. The summed E-state index contributed by atoms with van der Waals surface area (Å²) in [4.78, 5) is 0. The first-order valence-corrected chi connectivity index (χ1v) is 40.6. The molecule has 9 heteroatoms. The molecule has 0 saturated heterocycles. The number of benzene rings is 4. The van der Waals surface area contributed by atoms with Gasteiger partial charge in [-0.15, -0.1) is 0 Å². The predicted octanol–water partition coefficient (Wildman–Crippen LogP) is 19.0. The molecule has 408 valence electrons. The standard InChI is InChI=1S/C64H104F3NP2Si3/c1-12-21-43-71(44-22-13-2,45-23-14-3)59-38-32-35-56(52-59)69(57-36-33-39-60(53-57)72(46-24-15-4,47-25-16-5)48-26-17-6)68(55(10)11)70(63-42-31-30-41-62(63)64(65,66)67)58-37-34-40-61(54-58)73(49-27-18-7,50-28-19-8)51-29-20-9/h30-42,52-55H,12-29,43-51H2,1-11H3. The summed E-state index contributed by atoms with van der Waals surface area (Å²) in [7, 11) is -8.90. The fourth-order valence-corrected chi connectivity index (χ4v) is 35.9. The van der Waals surface area contributed by atoms with Gasteiger partial charge in [-0.1, -0.05) is 339 Å². The Hall–Kier alpha value is -1.86. The van der Waals surface area contributed by atoms with Gasteiger partial charge in [-0.25, -0.2) is 4.44 Å². The van der Waals surface area contributed by atoms with Gasteiger partial charge in [0.25, 0.3) is 0 Å². The van der Waals surface area contributed by atoms with Gasteiger partial charge in [-0.05, 0) is 35.8 Å². The maximum absolute atomic E-state index is 15.9. The van der Waals surface area contributed by atoms with Crippen molar-refractivity contribution in [2.75, 3.05) is 0 Å². The second-order valence-electron chi connectivity index (χ2n) is 22.5. The van der Waals surface area contributed by atoms with Gasteiger partial charge in [0.2, 0.25) is 0 Å². The molecule has 0 aliphatic rings. The minimum absolute atomic E-state index is 0.0405. The summed E-state index contributed by atoms with van der Waals surface area (Å²) in [6.07, 6.45) is 17.4. The van der Waals surface area contributed by atoms with Gasteiger partial charge in [0.05, 0.1) is 29.8 Å². The number of hydrogen-bond acceptors (Lipinski definition) is 1. The molecule has 0 amide bonds. The molecule has 1 nitrogen and oxygen atoms in total. The molecule has 0 bridgehead atoms. The van der Waals surface area contributed by atoms with Gasteiger partial charge in [0.15, 0.2) is 0 Å². The van der Waals surface area contributed by atoms with E-state index in [1.54, 1.807) is 16.4 Å². The number of nitrogens with zero attached hydrogens (tertiary/aromatic N) is 1. The fourth-order valence-electron chi connectivity index (χ4n) is 12.2. The van der Waals surface area contributed by atoms with E-state index in [9.17, 15) is 0 Å². The summed E-state index contributed by atoms with van der Waals surface area (Å²) in [6.45, 7) is 25.7. The van der Waals surface area contributed by atoms with Crippen LogP contribution in [0.3, 0.4) is 0 Å². The Balaban J connectivity index is 2.26. The highest BCUT2D eigenvalue weighted by atomic mass is 31.2. The van der Waals surface area contributed by atoms with E-state index in [0.717, 1.165) is 5.30 Å². The molecule has 4 aromatic carbocycles. The van der Waals surface area contributed by atoms with Crippen molar-refractivity contribution in [3.8, 4) is 0 Å². The highest BCUT2D eigenvalue weighted by Crippen LogP contribution is 2.57. The average molecular weight is 1090 g/mol. The van der Waals surface area contributed by atoms with Gasteiger partial charge in [0.1, 0.15) is 0 Å². The molecule has 4 rings (SSSR count). The number of unbranched alkanes of at least 4 members (excludes halogenated alkanes) is 9. The highest BCUT2D eigenvalue weighted by Gasteiger charge is 2.43. The predicted molar refractivity (Wildman–Crippen MR) is 334 cm³/mol. The van der Waals surface area contributed by atoms with Crippen LogP contribution in [-0.4, -0.2) is 34.7 Å². The summed E-state index contributed by atoms with van der Waals surface area (Å²) in [5, 5.41) is 8.85. The summed E-state index contributed by atoms with van der Waals surface area (Å²) < 4.78 is 50.4. The van der Waals surface area contributed by atoms with E-state index in [-0.39, 0.29) is 6.04 Å². The van der Waals surface area contributed by atoms with Crippen LogP contribution in [0.15, 0.2) is 97.1 Å². The third-order valence-corrected chi connectivity index (χ3v) is 38.9. The minimum atomic E-state index is -4.49. The first-order valence-electron chi connectivity index (χ1n) is 30.1. The van der Waals surface area contributed by atoms with Crippen molar-refractivity contribution in [1.82, 2.24) is 4.44 Å². The lowest BCUT2D eigenvalue weighted by atomic mass is 10.2. The van der Waals surface area contributed by atoms with E-state index < -0.39 is 52.1 Å². The molecule has 0 N–H and O–H groups in total. The van der Waals surface area contributed by atoms with E-state index in [0.29, 0.717) is 5.30 Å². The van der Waals surface area contributed by atoms with Crippen molar-refractivity contribution in [2.24, 2.45) is 0 Å². The van der Waals surface area contributed by atoms with Crippen LogP contribution in [0, 0.1) is 0 Å². The molecule has 4 aromatic rings. The quantitative estimate of drug-likeness (QED) is 0.0321. The number of alkyl halides is 3. The summed E-state index contributed by atoms with van der Waals surface area (Å²) in [5.74, 6) is 0. The monoisotopic (exact) mass is 1090 g/mol. The second kappa shape index (κ2) is 32.8. The van der Waals surface area contributed by atoms with Crippen molar-refractivity contribution >= 4 is 77.1 Å². The van der Waals surface area contributed by atoms with Crippen LogP contribution in [0.1, 0.15) is 197 Å². The lowest BCUT2D eigenvalue weighted by Crippen LogP contribution is -2.50. The highest BCUT2D eigenvalue weighted by molar-refractivity contribution is 7.84. The number of hydrogen-bond donors (Lipinski definition) is 0. The van der Waals surface area contributed by atoms with Gasteiger partial charge < -0.3 is 0 Å². The molecule has 73 heavy (non-hydrogen) atoms. The van der Waals surface area contributed by atoms with Crippen LogP contribution < -0.4 is 36.8 Å². The molecule has 0 radical (unpaired) electrons. The third kappa shape index (κ3) is 17.6. The Morgan fingerprint density at radius 3 is 0.918 bits per heavy atom. The lowest BCUT2D eigenvalue weighted by molar-refractivity contribution is -0.136. The van der Waals surface area contributed by atoms with E-state index >= 15 is 13.2 Å². The van der Waals surface area contributed by atoms with Crippen LogP contribution in [-0.2, 0) is 6.18 Å². The van der Waals surface area contributed by atoms with Gasteiger partial charge in [0, 0.05) is 27.5 Å². The molecular weight excluding hydrogens is 986 g/mol. The van der Waals surface area contributed by atoms with E-state index in [1.807, 2.05) is 12.1 Å². The van der Waals surface area contributed by atoms with Crippen LogP contribution in [0.2, 0.25) is 54.4 Å². The molecule has 0 aliphatic heterocycles. The minimum Gasteiger partial charge on any atom is -0.242 e. The maximum Gasteiger partial charge on any atom is 0.417 e. The van der Waals surface area contributed by atoms with Crippen molar-refractivity contribution < 1.29 is 13.2 Å². The largest absolute Gasteiger partial charge is 0.417 e. The Morgan fingerprint density at radius 2 is 0.658 bits per heavy atom. The lowest BCUT2D eigenvalue weighted by Gasteiger charge is -2.43. The molecule has 1 atom stereocenters. The van der Waals surface area contributed by atoms with E-state index in [4.69, 9.17) is 0 Å². The normalized spacial score (nSPS) is 13.2. The molecule has 0 heterocycles. The SMILES string of the molecule is CCCC[Si](CCCC)(CCCC)c1cccc(P(c2cccc([Si](CCCC)(CCCC)CCCC)c2)N(C(C)C)P(c2cccc([Si](CCCC)(CCCC)CCCC)c2)c2ccccc2C(F)(F)F)c1. The Kier molecular flexibility index (Phi) is 28.6. The molecule has 0 fully saturated rings. The second-order valence-corrected chi connectivity index (χ2v) is 40.8. The smallest absolute Gasteiger partial charge is 0.242 e.